The van der Waals surface area contributed by atoms with Crippen LogP contribution in [-0.2, 0) is 22.7 Å². The van der Waals surface area contributed by atoms with Crippen molar-refractivity contribution >= 4 is 39.8 Å². The minimum absolute atomic E-state index is 0. The van der Waals surface area contributed by atoms with Crippen LogP contribution in [0.15, 0.2) is 52.1 Å². The summed E-state index contributed by atoms with van der Waals surface area (Å²) in [5.74, 6) is 2.54. The number of hydrogen-bond acceptors (Lipinski definition) is 5. The van der Waals surface area contributed by atoms with Crippen LogP contribution in [0.5, 0.6) is 5.75 Å². The van der Waals surface area contributed by atoms with Crippen molar-refractivity contribution in [2.24, 2.45) is 4.99 Å². The molecule has 2 rings (SSSR count). The fraction of sp³-hybridized carbons (Fsp3) is 0.476. The zero-order chi connectivity index (χ0) is 21.1. The van der Waals surface area contributed by atoms with Crippen molar-refractivity contribution in [3.8, 4) is 5.75 Å². The van der Waals surface area contributed by atoms with Crippen LogP contribution in [0.4, 0.5) is 0 Å². The highest BCUT2D eigenvalue weighted by Crippen LogP contribution is 2.11. The van der Waals surface area contributed by atoms with E-state index in [0.717, 1.165) is 17.9 Å². The van der Waals surface area contributed by atoms with Crippen LogP contribution in [0.25, 0.3) is 0 Å². The van der Waals surface area contributed by atoms with Gasteiger partial charge in [0.2, 0.25) is 0 Å². The van der Waals surface area contributed by atoms with E-state index >= 15 is 0 Å². The number of guanidine groups is 1. The minimum atomic E-state index is -2.98. The number of sulfone groups is 1. The summed E-state index contributed by atoms with van der Waals surface area (Å²) in [5.41, 5.74) is 1.19. The van der Waals surface area contributed by atoms with E-state index in [1.807, 2.05) is 43.3 Å². The lowest BCUT2D eigenvalue weighted by atomic mass is 10.1. The highest BCUT2D eigenvalue weighted by Gasteiger charge is 2.10. The lowest BCUT2D eigenvalue weighted by Gasteiger charge is -2.18. The molecule has 9 heteroatoms. The van der Waals surface area contributed by atoms with Gasteiger partial charge in [-0.3, -0.25) is 4.99 Å². The van der Waals surface area contributed by atoms with E-state index in [4.69, 9.17) is 9.15 Å². The molecule has 0 saturated carbocycles. The Bertz CT molecular complexity index is 853. The number of rotatable bonds is 11. The van der Waals surface area contributed by atoms with Gasteiger partial charge in [-0.05, 0) is 49.6 Å². The maximum absolute atomic E-state index is 11.4. The largest absolute Gasteiger partial charge is 0.497 e. The fourth-order valence-electron chi connectivity index (χ4n) is 2.70. The molecule has 0 fully saturated rings. The smallest absolute Gasteiger partial charge is 0.191 e. The van der Waals surface area contributed by atoms with Crippen molar-refractivity contribution in [3.05, 3.63) is 54.0 Å². The second kappa shape index (κ2) is 13.5. The first-order valence-electron chi connectivity index (χ1n) is 9.73. The Kier molecular flexibility index (Phi) is 11.9. The van der Waals surface area contributed by atoms with Crippen molar-refractivity contribution in [1.82, 2.24) is 10.6 Å². The third-order valence-electron chi connectivity index (χ3n) is 4.38. The average molecular weight is 549 g/mol. The van der Waals surface area contributed by atoms with Gasteiger partial charge in [-0.25, -0.2) is 8.42 Å². The first-order valence-corrected chi connectivity index (χ1v) is 11.8. The molecule has 0 spiro atoms. The molecule has 0 aliphatic carbocycles. The molecule has 0 aliphatic rings. The molecule has 1 aromatic heterocycles. The summed E-state index contributed by atoms with van der Waals surface area (Å²) in [6.45, 7) is 3.24. The molecule has 0 saturated heterocycles. The normalized spacial score (nSPS) is 12.7. The monoisotopic (exact) mass is 549 g/mol. The van der Waals surface area contributed by atoms with Crippen molar-refractivity contribution in [3.63, 3.8) is 0 Å². The zero-order valence-electron chi connectivity index (χ0n) is 17.8. The Hall–Kier alpha value is -1.75. The number of nitrogens with one attached hydrogen (secondary N) is 2. The van der Waals surface area contributed by atoms with Gasteiger partial charge in [-0.15, -0.1) is 24.0 Å². The lowest BCUT2D eigenvalue weighted by Crippen LogP contribution is -2.43. The van der Waals surface area contributed by atoms with Crippen molar-refractivity contribution in [1.29, 1.82) is 0 Å². The molecule has 2 aromatic rings. The Labute approximate surface area is 196 Å². The molecule has 7 nitrogen and oxygen atoms in total. The predicted molar refractivity (Wildman–Crippen MR) is 132 cm³/mol. The Morgan fingerprint density at radius 2 is 1.93 bits per heavy atom. The van der Waals surface area contributed by atoms with Crippen LogP contribution >= 0.6 is 24.0 Å². The van der Waals surface area contributed by atoms with Gasteiger partial charge in [0.25, 0.3) is 0 Å². The van der Waals surface area contributed by atoms with Gasteiger partial charge in [-0.2, -0.15) is 0 Å². The van der Waals surface area contributed by atoms with Crippen LogP contribution in [0, 0.1) is 0 Å². The number of ether oxygens (including phenoxy) is 1. The van der Waals surface area contributed by atoms with Gasteiger partial charge in [-0.1, -0.05) is 12.1 Å². The molecule has 1 heterocycles. The number of methoxy groups -OCH3 is 1. The van der Waals surface area contributed by atoms with E-state index in [9.17, 15) is 8.42 Å². The third kappa shape index (κ3) is 10.9. The standard InChI is InChI=1S/C21H31N3O4S.HI/c1-17(12-16-29(3,25)26)24-21(23-14-11-20-5-4-15-28-20)22-13-10-18-6-8-19(27-2)9-7-18;/h4-9,15,17H,10-14,16H2,1-3H3,(H2,22,23,24);1H. The van der Waals surface area contributed by atoms with Crippen LogP contribution < -0.4 is 15.4 Å². The second-order valence-electron chi connectivity index (χ2n) is 7.05. The molecule has 1 aromatic carbocycles. The van der Waals surface area contributed by atoms with Gasteiger partial charge >= 0.3 is 0 Å². The number of hydrogen-bond donors (Lipinski definition) is 2. The molecule has 0 bridgehead atoms. The first-order chi connectivity index (χ1) is 13.9. The van der Waals surface area contributed by atoms with E-state index in [2.05, 4.69) is 15.6 Å². The van der Waals surface area contributed by atoms with Crippen molar-refractivity contribution < 1.29 is 17.6 Å². The lowest BCUT2D eigenvalue weighted by molar-refractivity contribution is 0.414. The summed E-state index contributed by atoms with van der Waals surface area (Å²) in [5, 5.41) is 6.63. The van der Waals surface area contributed by atoms with Crippen LogP contribution in [-0.4, -0.2) is 52.6 Å². The summed E-state index contributed by atoms with van der Waals surface area (Å²) < 4.78 is 33.3. The molecule has 0 aliphatic heterocycles. The van der Waals surface area contributed by atoms with Crippen LogP contribution in [0.2, 0.25) is 0 Å². The summed E-state index contributed by atoms with van der Waals surface area (Å²) in [6.07, 6.45) is 4.97. The molecule has 2 N–H and O–H groups in total. The topological polar surface area (TPSA) is 92.9 Å². The van der Waals surface area contributed by atoms with Gasteiger partial charge < -0.3 is 19.8 Å². The van der Waals surface area contributed by atoms with Crippen molar-refractivity contribution in [2.75, 3.05) is 32.2 Å². The van der Waals surface area contributed by atoms with Gasteiger partial charge in [0.15, 0.2) is 5.96 Å². The van der Waals surface area contributed by atoms with E-state index in [1.54, 1.807) is 13.4 Å². The Balaban J connectivity index is 0.00000450. The van der Waals surface area contributed by atoms with Gasteiger partial charge in [0, 0.05) is 31.8 Å². The van der Waals surface area contributed by atoms with Crippen LogP contribution in [0.3, 0.4) is 0 Å². The van der Waals surface area contributed by atoms with E-state index < -0.39 is 9.84 Å². The van der Waals surface area contributed by atoms with E-state index in [1.165, 1.54) is 11.8 Å². The number of benzene rings is 1. The highest BCUT2D eigenvalue weighted by molar-refractivity contribution is 14.0. The molecule has 1 unspecified atom stereocenters. The average Bonchev–Trinajstić information content (AvgIpc) is 3.20. The maximum Gasteiger partial charge on any atom is 0.191 e. The minimum Gasteiger partial charge on any atom is -0.497 e. The summed E-state index contributed by atoms with van der Waals surface area (Å²) in [7, 11) is -1.33. The molecule has 168 valence electrons. The molecule has 0 radical (unpaired) electrons. The molecular formula is C21H32IN3O4S. The number of nitrogens with zero attached hydrogens (tertiary/aromatic N) is 1. The predicted octanol–water partition coefficient (Wildman–Crippen LogP) is 3.05. The maximum atomic E-state index is 11.4. The Morgan fingerprint density at radius 3 is 2.53 bits per heavy atom. The number of aliphatic imine (C=N–C) groups is 1. The number of halogens is 1. The van der Waals surface area contributed by atoms with E-state index in [-0.39, 0.29) is 35.8 Å². The molecule has 0 amide bonds. The molecule has 30 heavy (non-hydrogen) atoms. The second-order valence-corrected chi connectivity index (χ2v) is 9.31. The summed E-state index contributed by atoms with van der Waals surface area (Å²) in [4.78, 5) is 4.61. The van der Waals surface area contributed by atoms with Gasteiger partial charge in [0.05, 0.1) is 19.1 Å². The third-order valence-corrected chi connectivity index (χ3v) is 5.36. The summed E-state index contributed by atoms with van der Waals surface area (Å²) in [6, 6.07) is 11.7. The number of furan rings is 1. The highest BCUT2D eigenvalue weighted by atomic mass is 127. The van der Waals surface area contributed by atoms with Crippen molar-refractivity contribution in [2.45, 2.75) is 32.2 Å². The molecule has 1 atom stereocenters. The van der Waals surface area contributed by atoms with Crippen LogP contribution in [0.1, 0.15) is 24.7 Å². The molecular weight excluding hydrogens is 517 g/mol. The zero-order valence-corrected chi connectivity index (χ0v) is 20.9. The Morgan fingerprint density at radius 1 is 1.20 bits per heavy atom. The SMILES string of the molecule is COc1ccc(CCNC(=NCCc2ccco2)NC(C)CCS(C)(=O)=O)cc1.I. The first kappa shape index (κ1) is 26.3. The fourth-order valence-corrected chi connectivity index (χ4v) is 3.48. The summed E-state index contributed by atoms with van der Waals surface area (Å²) >= 11 is 0. The van der Waals surface area contributed by atoms with Gasteiger partial charge in [0.1, 0.15) is 21.3 Å². The van der Waals surface area contributed by atoms with E-state index in [0.29, 0.717) is 31.9 Å². The quantitative estimate of drug-likeness (QED) is 0.254.